The first kappa shape index (κ1) is 18.2. The summed E-state index contributed by atoms with van der Waals surface area (Å²) in [6.45, 7) is 6.38. The van der Waals surface area contributed by atoms with E-state index in [1.165, 1.54) is 11.8 Å². The van der Waals surface area contributed by atoms with Crippen molar-refractivity contribution >= 4 is 29.5 Å². The molecule has 1 fully saturated rings. The van der Waals surface area contributed by atoms with Gasteiger partial charge in [0.2, 0.25) is 11.9 Å². The molecule has 0 aliphatic carbocycles. The van der Waals surface area contributed by atoms with Crippen LogP contribution in [0.4, 0.5) is 10.7 Å². The van der Waals surface area contributed by atoms with Crippen LogP contribution < -0.4 is 4.57 Å². The molecule has 0 aromatic carbocycles. The van der Waals surface area contributed by atoms with Crippen LogP contribution in [-0.2, 0) is 20.9 Å². The molecule has 9 heteroatoms. The largest absolute Gasteiger partial charge is 0.402 e. The highest BCUT2D eigenvalue weighted by molar-refractivity contribution is 6.21. The van der Waals surface area contributed by atoms with Crippen molar-refractivity contribution in [3.8, 4) is 0 Å². The molecule has 1 aromatic heterocycles. The number of amidine groups is 1. The van der Waals surface area contributed by atoms with Gasteiger partial charge in [0.25, 0.3) is 5.91 Å². The minimum Gasteiger partial charge on any atom is -0.385 e. The Morgan fingerprint density at radius 1 is 1.31 bits per heavy atom. The van der Waals surface area contributed by atoms with Gasteiger partial charge < -0.3 is 4.74 Å². The quantitative estimate of drug-likeness (QED) is 0.544. The molecule has 3 heterocycles. The number of hydrogen-bond donors (Lipinski definition) is 0. The molecule has 2 aliphatic rings. The Bertz CT molecular complexity index is 826. The minimum atomic E-state index is -0.713. The summed E-state index contributed by atoms with van der Waals surface area (Å²) >= 11 is 0. The predicted octanol–water partition coefficient (Wildman–Crippen LogP) is 0.497. The van der Waals surface area contributed by atoms with Crippen molar-refractivity contribution in [3.05, 3.63) is 11.4 Å². The molecule has 0 spiro atoms. The van der Waals surface area contributed by atoms with Crippen molar-refractivity contribution in [3.63, 3.8) is 0 Å². The van der Waals surface area contributed by atoms with E-state index in [1.54, 1.807) is 14.2 Å². The lowest BCUT2D eigenvalue weighted by atomic mass is 10.1. The minimum absolute atomic E-state index is 0.228. The summed E-state index contributed by atoms with van der Waals surface area (Å²) in [7, 11) is 3.24. The van der Waals surface area contributed by atoms with Crippen LogP contribution in [0.5, 0.6) is 0 Å². The van der Waals surface area contributed by atoms with Crippen LogP contribution >= 0.6 is 0 Å². The van der Waals surface area contributed by atoms with E-state index in [-0.39, 0.29) is 12.3 Å². The molecule has 1 unspecified atom stereocenters. The maximum absolute atomic E-state index is 13.0. The molecule has 0 bridgehead atoms. The Balaban J connectivity index is 2.05. The lowest BCUT2D eigenvalue weighted by molar-refractivity contribution is -0.689. The Labute approximate surface area is 151 Å². The first-order valence-corrected chi connectivity index (χ1v) is 8.56. The van der Waals surface area contributed by atoms with E-state index in [0.29, 0.717) is 24.9 Å². The molecule has 1 aromatic rings. The van der Waals surface area contributed by atoms with E-state index < -0.39 is 18.0 Å². The van der Waals surface area contributed by atoms with Crippen LogP contribution in [0, 0.1) is 13.8 Å². The van der Waals surface area contributed by atoms with Gasteiger partial charge in [-0.15, -0.1) is 0 Å². The van der Waals surface area contributed by atoms with Crippen LogP contribution in [0.1, 0.15) is 30.8 Å². The van der Waals surface area contributed by atoms with E-state index in [4.69, 9.17) is 4.74 Å². The molecule has 3 amide bonds. The summed E-state index contributed by atoms with van der Waals surface area (Å²) in [6.07, 6.45) is 0.813. The molecule has 0 saturated carbocycles. The number of aromatic nitrogens is 2. The number of rotatable bonds is 6. The van der Waals surface area contributed by atoms with Crippen molar-refractivity contribution < 1.29 is 23.7 Å². The number of urea groups is 1. The third-order valence-corrected chi connectivity index (χ3v) is 4.94. The van der Waals surface area contributed by atoms with Gasteiger partial charge in [0.1, 0.15) is 17.2 Å². The number of carbonyl (C=O) groups is 3. The maximum Gasteiger partial charge on any atom is 0.402 e. The van der Waals surface area contributed by atoms with Gasteiger partial charge in [0, 0.05) is 27.2 Å². The zero-order valence-corrected chi connectivity index (χ0v) is 15.8. The fourth-order valence-corrected chi connectivity index (χ4v) is 3.51. The van der Waals surface area contributed by atoms with Crippen LogP contribution in [-0.4, -0.2) is 65.2 Å². The number of imide groups is 1. The lowest BCUT2D eigenvalue weighted by Gasteiger charge is -2.32. The number of methoxy groups -OCH3 is 1. The van der Waals surface area contributed by atoms with Gasteiger partial charge >= 0.3 is 12.0 Å². The second-order valence-electron chi connectivity index (χ2n) is 6.68. The SMILES string of the molecule is COCCC[n+]1c(C)c(C)n2c1N=C1C2C(=O)N(CC(C)=O)C(=O)N1C. The zero-order chi connectivity index (χ0) is 19.2. The Morgan fingerprint density at radius 3 is 2.62 bits per heavy atom. The highest BCUT2D eigenvalue weighted by atomic mass is 16.5. The number of aliphatic imine (C=N–C) groups is 1. The number of Topliss-reactive ketones (excluding diaryl/α,β-unsaturated/α-hetero) is 1. The number of carbonyl (C=O) groups excluding carboxylic acids is 3. The van der Waals surface area contributed by atoms with E-state index in [9.17, 15) is 14.4 Å². The van der Waals surface area contributed by atoms with Crippen LogP contribution in [0.3, 0.4) is 0 Å². The van der Waals surface area contributed by atoms with Gasteiger partial charge in [-0.3, -0.25) is 19.4 Å². The number of fused-ring (bicyclic) bond motifs is 3. The van der Waals surface area contributed by atoms with E-state index in [0.717, 1.165) is 22.7 Å². The number of imidazole rings is 1. The van der Waals surface area contributed by atoms with Crippen LogP contribution in [0.2, 0.25) is 0 Å². The molecule has 0 radical (unpaired) electrons. The second-order valence-corrected chi connectivity index (χ2v) is 6.68. The fourth-order valence-electron chi connectivity index (χ4n) is 3.51. The normalized spacial score (nSPS) is 19.0. The van der Waals surface area contributed by atoms with Gasteiger partial charge in [0.15, 0.2) is 0 Å². The van der Waals surface area contributed by atoms with Crippen LogP contribution in [0.15, 0.2) is 4.99 Å². The summed E-state index contributed by atoms with van der Waals surface area (Å²) in [5.41, 5.74) is 1.93. The molecule has 3 rings (SSSR count). The molecule has 1 saturated heterocycles. The lowest BCUT2D eigenvalue weighted by Crippen LogP contribution is -2.58. The van der Waals surface area contributed by atoms with Gasteiger partial charge in [-0.2, -0.15) is 0 Å². The van der Waals surface area contributed by atoms with E-state index in [2.05, 4.69) is 4.99 Å². The highest BCUT2D eigenvalue weighted by Crippen LogP contribution is 2.35. The standard InChI is InChI=1S/C17H24N5O4/c1-10(23)9-21-15(24)13-14(19(4)17(21)25)18-16-20(7-6-8-26-5)11(2)12(3)22(13)16/h13H,6-9H2,1-5H3/q+1. The Hall–Kier alpha value is -2.55. The average Bonchev–Trinajstić information content (AvgIpc) is 3.08. The molecule has 26 heavy (non-hydrogen) atoms. The van der Waals surface area contributed by atoms with E-state index in [1.807, 2.05) is 23.0 Å². The van der Waals surface area contributed by atoms with Crippen molar-refractivity contribution in [1.82, 2.24) is 14.4 Å². The van der Waals surface area contributed by atoms with Crippen molar-refractivity contribution in [1.29, 1.82) is 0 Å². The number of amides is 3. The number of nitrogens with zero attached hydrogens (tertiary/aromatic N) is 5. The predicted molar refractivity (Wildman–Crippen MR) is 92.3 cm³/mol. The molecule has 140 valence electrons. The van der Waals surface area contributed by atoms with Crippen molar-refractivity contribution in [2.45, 2.75) is 39.8 Å². The van der Waals surface area contributed by atoms with Gasteiger partial charge in [0.05, 0.1) is 13.1 Å². The first-order chi connectivity index (χ1) is 12.3. The first-order valence-electron chi connectivity index (χ1n) is 8.56. The second kappa shape index (κ2) is 6.64. The molecule has 1 atom stereocenters. The average molecular weight is 362 g/mol. The highest BCUT2D eigenvalue weighted by Gasteiger charge is 2.54. The third-order valence-electron chi connectivity index (χ3n) is 4.94. The van der Waals surface area contributed by atoms with Crippen LogP contribution in [0.25, 0.3) is 0 Å². The summed E-state index contributed by atoms with van der Waals surface area (Å²) in [6, 6.07) is -1.24. The van der Waals surface area contributed by atoms with Gasteiger partial charge in [-0.1, -0.05) is 4.99 Å². The Kier molecular flexibility index (Phi) is 4.66. The van der Waals surface area contributed by atoms with Gasteiger partial charge in [-0.05, 0) is 20.8 Å². The summed E-state index contributed by atoms with van der Waals surface area (Å²) < 4.78 is 9.02. The molecule has 2 aliphatic heterocycles. The van der Waals surface area contributed by atoms with Crippen molar-refractivity contribution in [2.75, 3.05) is 27.3 Å². The Morgan fingerprint density at radius 2 is 2.00 bits per heavy atom. The topological polar surface area (TPSA) is 88.1 Å². The number of hydrogen-bond acceptors (Lipinski definition) is 5. The summed E-state index contributed by atoms with van der Waals surface area (Å²) in [5, 5.41) is 0. The molecule has 9 nitrogen and oxygen atoms in total. The smallest absolute Gasteiger partial charge is 0.385 e. The maximum atomic E-state index is 13.0. The fraction of sp³-hybridized carbons (Fsp3) is 0.588. The van der Waals surface area contributed by atoms with E-state index >= 15 is 0 Å². The summed E-state index contributed by atoms with van der Waals surface area (Å²) in [5.74, 6) is 0.392. The molecular formula is C17H24N5O4+. The van der Waals surface area contributed by atoms with Gasteiger partial charge in [-0.25, -0.2) is 13.9 Å². The number of likely N-dealkylation sites (N-methyl/N-ethyl adjacent to an activating group) is 1. The monoisotopic (exact) mass is 362 g/mol. The summed E-state index contributed by atoms with van der Waals surface area (Å²) in [4.78, 5) is 44.0. The molecular weight excluding hydrogens is 338 g/mol. The zero-order valence-electron chi connectivity index (χ0n) is 15.8. The number of ketones is 1. The third kappa shape index (κ3) is 2.63. The van der Waals surface area contributed by atoms with Crippen molar-refractivity contribution in [2.24, 2.45) is 4.99 Å². The number of ether oxygens (including phenoxy) is 1. The molecule has 0 N–H and O–H groups in total.